The maximum absolute atomic E-state index is 11.4. The molecule has 0 atom stereocenters. The molecule has 2 aromatic carbocycles. The summed E-state index contributed by atoms with van der Waals surface area (Å²) in [5.41, 5.74) is 5.76. The van der Waals surface area contributed by atoms with Gasteiger partial charge >= 0.3 is 35.3 Å². The van der Waals surface area contributed by atoms with Gasteiger partial charge in [0.2, 0.25) is 0 Å². The fourth-order valence-corrected chi connectivity index (χ4v) is 3.38. The largest absolute Gasteiger partial charge is 1.00 e. The molecule has 31 heavy (non-hydrogen) atoms. The van der Waals surface area contributed by atoms with Crippen molar-refractivity contribution in [1.82, 2.24) is 14.7 Å². The molecule has 0 amide bonds. The minimum Gasteiger partial charge on any atom is -0.487 e. The monoisotopic (exact) mass is 425 g/mol. The SMILES string of the molecule is Cc1cccc(C)c1-c1cccc(COc2ccc(Cn3oc(=O)[n-]c3=O)nc2)c1.[Na+]. The van der Waals surface area contributed by atoms with E-state index in [0.29, 0.717) is 18.1 Å². The van der Waals surface area contributed by atoms with Crippen molar-refractivity contribution in [2.24, 2.45) is 0 Å². The van der Waals surface area contributed by atoms with E-state index in [1.165, 1.54) is 16.7 Å². The van der Waals surface area contributed by atoms with E-state index in [2.05, 4.69) is 58.7 Å². The van der Waals surface area contributed by atoms with Crippen LogP contribution in [-0.4, -0.2) is 9.72 Å². The second kappa shape index (κ2) is 9.96. The van der Waals surface area contributed by atoms with Crippen LogP contribution < -0.4 is 50.7 Å². The molecule has 0 saturated carbocycles. The van der Waals surface area contributed by atoms with Gasteiger partial charge in [-0.2, -0.15) is 0 Å². The minimum atomic E-state index is -0.914. The van der Waals surface area contributed by atoms with Gasteiger partial charge < -0.3 is 14.2 Å². The average molecular weight is 425 g/mol. The van der Waals surface area contributed by atoms with Crippen molar-refractivity contribution >= 4 is 0 Å². The number of hydrogen-bond acceptors (Lipinski definition) is 5. The summed E-state index contributed by atoms with van der Waals surface area (Å²) >= 11 is 0. The summed E-state index contributed by atoms with van der Waals surface area (Å²) in [6.45, 7) is 4.67. The van der Waals surface area contributed by atoms with Crippen LogP contribution in [0.2, 0.25) is 0 Å². The van der Waals surface area contributed by atoms with Crippen LogP contribution in [0, 0.1) is 13.8 Å². The normalized spacial score (nSPS) is 10.5. The number of benzene rings is 2. The first-order valence-electron chi connectivity index (χ1n) is 9.48. The zero-order valence-corrected chi connectivity index (χ0v) is 19.7. The van der Waals surface area contributed by atoms with Crippen molar-refractivity contribution in [3.05, 3.63) is 104 Å². The topological polar surface area (TPSA) is 88.4 Å². The van der Waals surface area contributed by atoms with Gasteiger partial charge in [0.25, 0.3) is 0 Å². The predicted molar refractivity (Wildman–Crippen MR) is 112 cm³/mol. The molecule has 2 heterocycles. The molecule has 8 heteroatoms. The molecule has 0 unspecified atom stereocenters. The van der Waals surface area contributed by atoms with E-state index < -0.39 is 11.4 Å². The molecule has 2 aromatic heterocycles. The van der Waals surface area contributed by atoms with Crippen LogP contribution in [0.1, 0.15) is 22.4 Å². The van der Waals surface area contributed by atoms with Gasteiger partial charge in [-0.3, -0.25) is 14.5 Å². The van der Waals surface area contributed by atoms with E-state index in [-0.39, 0.29) is 36.1 Å². The zero-order chi connectivity index (χ0) is 21.1. The van der Waals surface area contributed by atoms with Crippen molar-refractivity contribution in [3.63, 3.8) is 0 Å². The van der Waals surface area contributed by atoms with Gasteiger partial charge in [0.1, 0.15) is 12.4 Å². The summed E-state index contributed by atoms with van der Waals surface area (Å²) in [6.07, 6.45) is 1.57. The predicted octanol–water partition coefficient (Wildman–Crippen LogP) is 0.0688. The van der Waals surface area contributed by atoms with Gasteiger partial charge in [-0.25, -0.2) is 4.79 Å². The number of hydrogen-bond donors (Lipinski definition) is 0. The third-order valence-corrected chi connectivity index (χ3v) is 4.79. The first-order valence-corrected chi connectivity index (χ1v) is 9.48. The smallest absolute Gasteiger partial charge is 0.487 e. The second-order valence-electron chi connectivity index (χ2n) is 7.03. The van der Waals surface area contributed by atoms with Crippen LogP contribution in [-0.2, 0) is 13.2 Å². The molecular formula is C23H20N3NaO4. The third kappa shape index (κ3) is 5.44. The summed E-state index contributed by atoms with van der Waals surface area (Å²) in [7, 11) is 0. The van der Waals surface area contributed by atoms with Gasteiger partial charge in [0, 0.05) is 12.2 Å². The Labute approximate surface area is 201 Å². The Morgan fingerprint density at radius 3 is 2.42 bits per heavy atom. The molecular weight excluding hydrogens is 405 g/mol. The van der Waals surface area contributed by atoms with Crippen LogP contribution in [0.15, 0.2) is 74.9 Å². The maximum atomic E-state index is 11.4. The Morgan fingerprint density at radius 1 is 1.03 bits per heavy atom. The first kappa shape index (κ1) is 22.8. The van der Waals surface area contributed by atoms with Crippen LogP contribution in [0.3, 0.4) is 0 Å². The number of aryl methyl sites for hydroxylation is 2. The molecule has 0 bridgehead atoms. The fraction of sp³-hybridized carbons (Fsp3) is 0.174. The summed E-state index contributed by atoms with van der Waals surface area (Å²) < 4.78 is 11.4. The average Bonchev–Trinajstić information content (AvgIpc) is 3.04. The minimum absolute atomic E-state index is 0. The molecule has 0 aliphatic rings. The van der Waals surface area contributed by atoms with Crippen molar-refractivity contribution < 1.29 is 38.8 Å². The van der Waals surface area contributed by atoms with Crippen molar-refractivity contribution in [2.75, 3.05) is 0 Å². The molecule has 0 aliphatic heterocycles. The quantitative estimate of drug-likeness (QED) is 0.406. The summed E-state index contributed by atoms with van der Waals surface area (Å²) in [5, 5.41) is 0. The first-order chi connectivity index (χ1) is 14.5. The summed E-state index contributed by atoms with van der Waals surface area (Å²) in [4.78, 5) is 29.8. The Kier molecular flexibility index (Phi) is 7.33. The Hall–Kier alpha value is -2.87. The van der Waals surface area contributed by atoms with E-state index in [9.17, 15) is 9.59 Å². The molecule has 152 valence electrons. The number of rotatable bonds is 6. The van der Waals surface area contributed by atoms with E-state index in [1.807, 2.05) is 12.1 Å². The molecule has 0 saturated heterocycles. The summed E-state index contributed by atoms with van der Waals surface area (Å²) in [6, 6.07) is 18.1. The van der Waals surface area contributed by atoms with Crippen LogP contribution in [0.25, 0.3) is 11.1 Å². The van der Waals surface area contributed by atoms with Gasteiger partial charge in [-0.1, -0.05) is 36.4 Å². The van der Waals surface area contributed by atoms with Crippen LogP contribution in [0.5, 0.6) is 5.75 Å². The molecule has 4 aromatic rings. The van der Waals surface area contributed by atoms with Crippen molar-refractivity contribution in [2.45, 2.75) is 27.0 Å². The maximum Gasteiger partial charge on any atom is 1.00 e. The molecule has 0 N–H and O–H groups in total. The van der Waals surface area contributed by atoms with E-state index >= 15 is 0 Å². The third-order valence-electron chi connectivity index (χ3n) is 4.79. The number of pyridine rings is 1. The molecule has 7 nitrogen and oxygen atoms in total. The zero-order valence-electron chi connectivity index (χ0n) is 17.7. The number of nitrogens with zero attached hydrogens (tertiary/aromatic N) is 3. The van der Waals surface area contributed by atoms with Gasteiger partial charge in [-0.05, 0) is 59.9 Å². The van der Waals surface area contributed by atoms with E-state index in [0.717, 1.165) is 15.9 Å². The van der Waals surface area contributed by atoms with Gasteiger partial charge in [-0.15, -0.1) is 0 Å². The molecule has 0 radical (unpaired) electrons. The second-order valence-corrected chi connectivity index (χ2v) is 7.03. The standard InChI is InChI=1S/C23H21N3O4.Na/c1-15-5-3-6-16(2)21(15)18-8-4-7-17(11-18)14-29-20-10-9-19(24-12-20)13-26-22(27)25-23(28)30-26;/h3-12H,13-14H2,1-2H3,(H,25,27,28);/q;+1/p-1. The Bertz CT molecular complexity index is 1270. The Morgan fingerprint density at radius 2 is 1.77 bits per heavy atom. The molecule has 4 rings (SSSR count). The molecule has 0 aliphatic carbocycles. The van der Waals surface area contributed by atoms with E-state index in [4.69, 9.17) is 4.74 Å². The molecule has 0 spiro atoms. The Balaban J connectivity index is 0.00000272. The molecule has 0 fully saturated rings. The van der Waals surface area contributed by atoms with Crippen LogP contribution >= 0.6 is 0 Å². The van der Waals surface area contributed by atoms with E-state index in [1.54, 1.807) is 18.3 Å². The van der Waals surface area contributed by atoms with Gasteiger partial charge in [0.15, 0.2) is 5.69 Å². The van der Waals surface area contributed by atoms with Gasteiger partial charge in [0.05, 0.1) is 6.20 Å². The van der Waals surface area contributed by atoms with Crippen molar-refractivity contribution in [1.29, 1.82) is 0 Å². The van der Waals surface area contributed by atoms with Crippen molar-refractivity contribution in [3.8, 4) is 16.9 Å². The fourth-order valence-electron chi connectivity index (χ4n) is 3.38. The summed E-state index contributed by atoms with van der Waals surface area (Å²) in [5.74, 6) is -0.311. The van der Waals surface area contributed by atoms with Crippen LogP contribution in [0.4, 0.5) is 0 Å². The number of ether oxygens (including phenoxy) is 1. The number of aromatic nitrogens is 3.